The van der Waals surface area contributed by atoms with E-state index >= 15 is 0 Å². The van der Waals surface area contributed by atoms with Gasteiger partial charge in [-0.15, -0.1) is 0 Å². The molecule has 1 saturated carbocycles. The molecule has 2 aliphatic carbocycles. The quantitative estimate of drug-likeness (QED) is 0.817. The van der Waals surface area contributed by atoms with Crippen molar-refractivity contribution >= 4 is 22.6 Å². The van der Waals surface area contributed by atoms with Gasteiger partial charge in [0.15, 0.2) is 5.17 Å². The Balaban J connectivity index is 1.51. The van der Waals surface area contributed by atoms with E-state index in [1.807, 2.05) is 11.8 Å². The predicted octanol–water partition coefficient (Wildman–Crippen LogP) is 4.64. The zero-order chi connectivity index (χ0) is 14.1. The molecular weight excluding hydrogens is 276 g/mol. The van der Waals surface area contributed by atoms with E-state index in [4.69, 9.17) is 4.99 Å². The van der Waals surface area contributed by atoms with Gasteiger partial charge >= 0.3 is 0 Å². The second kappa shape index (κ2) is 5.68. The molecule has 4 rings (SSSR count). The molecule has 1 aromatic carbocycles. The number of hydrogen-bond donors (Lipinski definition) is 1. The number of nitrogens with one attached hydrogen (secondary N) is 1. The van der Waals surface area contributed by atoms with E-state index in [0.717, 1.165) is 11.7 Å². The van der Waals surface area contributed by atoms with Gasteiger partial charge in [0, 0.05) is 18.0 Å². The highest BCUT2D eigenvalue weighted by atomic mass is 32.2. The van der Waals surface area contributed by atoms with Gasteiger partial charge in [-0.1, -0.05) is 36.7 Å². The Morgan fingerprint density at radius 1 is 1.05 bits per heavy atom. The minimum Gasteiger partial charge on any atom is -0.335 e. The Labute approximate surface area is 131 Å². The van der Waals surface area contributed by atoms with Crippen LogP contribution in [0.4, 0.5) is 5.69 Å². The minimum absolute atomic E-state index is 0.534. The predicted molar refractivity (Wildman–Crippen MR) is 92.4 cm³/mol. The summed E-state index contributed by atoms with van der Waals surface area (Å²) in [6.45, 7) is 1.04. The normalized spacial score (nSPS) is 23.7. The number of hydrogen-bond acceptors (Lipinski definition) is 3. The lowest BCUT2D eigenvalue weighted by atomic mass is 9.89. The first-order valence-electron chi connectivity index (χ1n) is 8.40. The SMILES string of the molecule is c1cc2c(c(NC3=NCC4(CCCC4)CS3)c1)CCCC2. The van der Waals surface area contributed by atoms with Crippen LogP contribution >= 0.6 is 11.8 Å². The molecule has 1 heterocycles. The van der Waals surface area contributed by atoms with E-state index in [1.165, 1.54) is 68.4 Å². The summed E-state index contributed by atoms with van der Waals surface area (Å²) in [4.78, 5) is 4.88. The smallest absolute Gasteiger partial charge is 0.161 e. The lowest BCUT2D eigenvalue weighted by Crippen LogP contribution is -2.30. The standard InChI is InChI=1S/C18H24N2S/c1-2-8-15-14(6-1)7-5-9-16(15)20-17-19-12-18(13-21-17)10-3-4-11-18/h5,7,9H,1-4,6,8,10-13H2,(H,19,20). The van der Waals surface area contributed by atoms with Crippen LogP contribution in [-0.4, -0.2) is 17.5 Å². The fourth-order valence-corrected chi connectivity index (χ4v) is 5.23. The Hall–Kier alpha value is -0.960. The number of thioether (sulfide) groups is 1. The Morgan fingerprint density at radius 2 is 1.90 bits per heavy atom. The molecule has 1 spiro atoms. The van der Waals surface area contributed by atoms with E-state index in [2.05, 4.69) is 23.5 Å². The Bertz CT molecular complexity index is 558. The third-order valence-corrected chi connectivity index (χ3v) is 6.64. The summed E-state index contributed by atoms with van der Waals surface area (Å²) in [7, 11) is 0. The third kappa shape index (κ3) is 2.73. The first-order chi connectivity index (χ1) is 10.3. The molecule has 0 unspecified atom stereocenters. The fourth-order valence-electron chi connectivity index (χ4n) is 4.07. The second-order valence-corrected chi connectivity index (χ2v) is 7.86. The molecule has 0 aromatic heterocycles. The summed E-state index contributed by atoms with van der Waals surface area (Å²) in [5.41, 5.74) is 4.92. The monoisotopic (exact) mass is 300 g/mol. The molecule has 0 atom stereocenters. The van der Waals surface area contributed by atoms with Crippen molar-refractivity contribution in [3.63, 3.8) is 0 Å². The highest BCUT2D eigenvalue weighted by Gasteiger charge is 2.36. The van der Waals surface area contributed by atoms with Gasteiger partial charge in [0.1, 0.15) is 0 Å². The molecular formula is C18H24N2S. The van der Waals surface area contributed by atoms with E-state index < -0.39 is 0 Å². The molecule has 2 nitrogen and oxygen atoms in total. The van der Waals surface area contributed by atoms with Gasteiger partial charge in [0.2, 0.25) is 0 Å². The number of benzene rings is 1. The van der Waals surface area contributed by atoms with Crippen molar-refractivity contribution in [3.05, 3.63) is 29.3 Å². The van der Waals surface area contributed by atoms with Crippen LogP contribution in [0.2, 0.25) is 0 Å². The number of amidine groups is 1. The molecule has 0 saturated heterocycles. The van der Waals surface area contributed by atoms with Crippen molar-refractivity contribution in [2.24, 2.45) is 10.4 Å². The Morgan fingerprint density at radius 3 is 2.71 bits per heavy atom. The number of anilines is 1. The van der Waals surface area contributed by atoms with Gasteiger partial charge in [-0.2, -0.15) is 0 Å². The van der Waals surface area contributed by atoms with E-state index in [1.54, 1.807) is 5.56 Å². The highest BCUT2D eigenvalue weighted by Crippen LogP contribution is 2.43. The van der Waals surface area contributed by atoms with E-state index in [0.29, 0.717) is 5.41 Å². The molecule has 0 radical (unpaired) electrons. The highest BCUT2D eigenvalue weighted by molar-refractivity contribution is 8.14. The minimum atomic E-state index is 0.534. The van der Waals surface area contributed by atoms with Crippen LogP contribution in [0.1, 0.15) is 49.7 Å². The topological polar surface area (TPSA) is 24.4 Å². The van der Waals surface area contributed by atoms with Crippen molar-refractivity contribution in [2.45, 2.75) is 51.4 Å². The maximum absolute atomic E-state index is 4.88. The zero-order valence-corrected chi connectivity index (χ0v) is 13.5. The molecule has 21 heavy (non-hydrogen) atoms. The number of aryl methyl sites for hydroxylation is 1. The largest absolute Gasteiger partial charge is 0.335 e. The molecule has 1 N–H and O–H groups in total. The zero-order valence-electron chi connectivity index (χ0n) is 12.7. The van der Waals surface area contributed by atoms with Crippen LogP contribution < -0.4 is 5.32 Å². The van der Waals surface area contributed by atoms with Crippen molar-refractivity contribution in [3.8, 4) is 0 Å². The summed E-state index contributed by atoms with van der Waals surface area (Å²) in [5, 5.41) is 4.77. The molecule has 0 bridgehead atoms. The van der Waals surface area contributed by atoms with Gasteiger partial charge in [0.05, 0.1) is 0 Å². The summed E-state index contributed by atoms with van der Waals surface area (Å²) in [5.74, 6) is 1.26. The molecule has 1 fully saturated rings. The van der Waals surface area contributed by atoms with Crippen molar-refractivity contribution < 1.29 is 0 Å². The van der Waals surface area contributed by atoms with Gasteiger partial charge in [-0.25, -0.2) is 0 Å². The van der Waals surface area contributed by atoms with Crippen LogP contribution in [0.25, 0.3) is 0 Å². The first kappa shape index (κ1) is 13.7. The van der Waals surface area contributed by atoms with Crippen LogP contribution in [-0.2, 0) is 12.8 Å². The number of rotatable bonds is 1. The van der Waals surface area contributed by atoms with Gasteiger partial charge in [-0.3, -0.25) is 4.99 Å². The van der Waals surface area contributed by atoms with Crippen LogP contribution in [0, 0.1) is 5.41 Å². The lowest BCUT2D eigenvalue weighted by Gasteiger charge is -2.31. The fraction of sp³-hybridized carbons (Fsp3) is 0.611. The summed E-state index contributed by atoms with van der Waals surface area (Å²) in [6.07, 6.45) is 10.7. The lowest BCUT2D eigenvalue weighted by molar-refractivity contribution is 0.359. The molecule has 1 aliphatic heterocycles. The second-order valence-electron chi connectivity index (χ2n) is 6.89. The number of fused-ring (bicyclic) bond motifs is 1. The maximum atomic E-state index is 4.88. The first-order valence-corrected chi connectivity index (χ1v) is 9.38. The van der Waals surface area contributed by atoms with Gasteiger partial charge < -0.3 is 5.32 Å². The van der Waals surface area contributed by atoms with Gasteiger partial charge in [-0.05, 0) is 61.1 Å². The molecule has 3 heteroatoms. The average Bonchev–Trinajstić information content (AvgIpc) is 2.99. The van der Waals surface area contributed by atoms with Gasteiger partial charge in [0.25, 0.3) is 0 Å². The molecule has 1 aromatic rings. The summed E-state index contributed by atoms with van der Waals surface area (Å²) >= 11 is 1.94. The average molecular weight is 300 g/mol. The molecule has 3 aliphatic rings. The number of nitrogens with zero attached hydrogens (tertiary/aromatic N) is 1. The van der Waals surface area contributed by atoms with Crippen LogP contribution in [0.15, 0.2) is 23.2 Å². The van der Waals surface area contributed by atoms with Crippen LogP contribution in [0.5, 0.6) is 0 Å². The molecule has 112 valence electrons. The summed E-state index contributed by atoms with van der Waals surface area (Å²) in [6, 6.07) is 6.72. The van der Waals surface area contributed by atoms with Crippen molar-refractivity contribution in [1.82, 2.24) is 0 Å². The van der Waals surface area contributed by atoms with Crippen molar-refractivity contribution in [1.29, 1.82) is 0 Å². The Kier molecular flexibility index (Phi) is 3.70. The van der Waals surface area contributed by atoms with E-state index in [-0.39, 0.29) is 0 Å². The van der Waals surface area contributed by atoms with Crippen LogP contribution in [0.3, 0.4) is 0 Å². The summed E-state index contributed by atoms with van der Waals surface area (Å²) < 4.78 is 0. The third-order valence-electron chi connectivity index (χ3n) is 5.37. The molecule has 0 amide bonds. The number of aliphatic imine (C=N–C) groups is 1. The van der Waals surface area contributed by atoms with Crippen molar-refractivity contribution in [2.75, 3.05) is 17.6 Å². The van der Waals surface area contributed by atoms with E-state index in [9.17, 15) is 0 Å². The maximum Gasteiger partial charge on any atom is 0.161 e.